The molecule has 2 N–H and O–H groups in total. The summed E-state index contributed by atoms with van der Waals surface area (Å²) < 4.78 is 0. The van der Waals surface area contributed by atoms with Crippen LogP contribution in [-0.2, 0) is 6.54 Å². The van der Waals surface area contributed by atoms with Gasteiger partial charge in [-0.05, 0) is 28.8 Å². The molecule has 5 heteroatoms. The molecule has 0 bridgehead atoms. The summed E-state index contributed by atoms with van der Waals surface area (Å²) in [6.07, 6.45) is 3.73. The third-order valence-corrected chi connectivity index (χ3v) is 3.07. The predicted molar refractivity (Wildman–Crippen MR) is 87.5 cm³/mol. The number of rotatable bonds is 6. The zero-order valence-corrected chi connectivity index (χ0v) is 13.7. The number of halogens is 1. The van der Waals surface area contributed by atoms with E-state index < -0.39 is 0 Å². The van der Waals surface area contributed by atoms with Gasteiger partial charge in [0.1, 0.15) is 0 Å². The quantitative estimate of drug-likeness (QED) is 0.351. The molecule has 0 radical (unpaired) electrons. The minimum Gasteiger partial charge on any atom is -0.356 e. The summed E-state index contributed by atoms with van der Waals surface area (Å²) in [7, 11) is 1.81. The van der Waals surface area contributed by atoms with E-state index in [0.717, 1.165) is 19.0 Å². The van der Waals surface area contributed by atoms with Gasteiger partial charge in [0.15, 0.2) is 5.96 Å². The van der Waals surface area contributed by atoms with Crippen molar-refractivity contribution in [2.45, 2.75) is 32.7 Å². The summed E-state index contributed by atoms with van der Waals surface area (Å²) in [4.78, 5) is 4.18. The standard InChI is InChI=1S/C12H21N3S.HI/c1-3-4-5-7-14-12(13-2)15-9-11-6-8-16-10-11;/h6,8,10H,3-5,7,9H2,1-2H3,(H2,13,14,15);1H. The van der Waals surface area contributed by atoms with Crippen LogP contribution in [0.1, 0.15) is 31.7 Å². The Morgan fingerprint density at radius 2 is 2.18 bits per heavy atom. The lowest BCUT2D eigenvalue weighted by Crippen LogP contribution is -2.37. The average Bonchev–Trinajstić information content (AvgIpc) is 2.81. The second kappa shape index (κ2) is 10.8. The number of nitrogens with one attached hydrogen (secondary N) is 2. The lowest BCUT2D eigenvalue weighted by Gasteiger charge is -2.10. The maximum atomic E-state index is 4.18. The highest BCUT2D eigenvalue weighted by Crippen LogP contribution is 2.04. The van der Waals surface area contributed by atoms with Gasteiger partial charge in [-0.2, -0.15) is 11.3 Å². The van der Waals surface area contributed by atoms with Crippen molar-refractivity contribution in [3.63, 3.8) is 0 Å². The second-order valence-corrected chi connectivity index (χ2v) is 4.47. The van der Waals surface area contributed by atoms with E-state index in [9.17, 15) is 0 Å². The average molecular weight is 367 g/mol. The molecule has 0 aliphatic carbocycles. The zero-order chi connectivity index (χ0) is 11.6. The Hall–Kier alpha value is -0.300. The Balaban J connectivity index is 0.00000256. The number of aliphatic imine (C=N–C) groups is 1. The van der Waals surface area contributed by atoms with Gasteiger partial charge in [0.25, 0.3) is 0 Å². The molecule has 0 saturated carbocycles. The minimum absolute atomic E-state index is 0. The van der Waals surface area contributed by atoms with Crippen LogP contribution in [0.5, 0.6) is 0 Å². The van der Waals surface area contributed by atoms with Crippen LogP contribution in [0.15, 0.2) is 21.8 Å². The fourth-order valence-electron chi connectivity index (χ4n) is 1.38. The molecule has 0 aromatic carbocycles. The van der Waals surface area contributed by atoms with Crippen LogP contribution in [-0.4, -0.2) is 19.6 Å². The van der Waals surface area contributed by atoms with E-state index in [1.54, 1.807) is 11.3 Å². The number of hydrogen-bond donors (Lipinski definition) is 2. The number of unbranched alkanes of at least 4 members (excludes halogenated alkanes) is 2. The van der Waals surface area contributed by atoms with E-state index in [-0.39, 0.29) is 24.0 Å². The van der Waals surface area contributed by atoms with Gasteiger partial charge in [0, 0.05) is 20.1 Å². The molecule has 1 rings (SSSR count). The van der Waals surface area contributed by atoms with Gasteiger partial charge in [-0.3, -0.25) is 4.99 Å². The molecule has 0 atom stereocenters. The first kappa shape index (κ1) is 16.7. The summed E-state index contributed by atoms with van der Waals surface area (Å²) in [5, 5.41) is 10.8. The molecule has 17 heavy (non-hydrogen) atoms. The normalized spacial score (nSPS) is 10.8. The Bertz CT molecular complexity index is 299. The van der Waals surface area contributed by atoms with Gasteiger partial charge < -0.3 is 10.6 Å². The lowest BCUT2D eigenvalue weighted by molar-refractivity contribution is 0.683. The molecule has 1 heterocycles. The van der Waals surface area contributed by atoms with Crippen LogP contribution in [0.3, 0.4) is 0 Å². The summed E-state index contributed by atoms with van der Waals surface area (Å²) in [5.41, 5.74) is 1.31. The third-order valence-electron chi connectivity index (χ3n) is 2.34. The Morgan fingerprint density at radius 1 is 1.35 bits per heavy atom. The largest absolute Gasteiger partial charge is 0.356 e. The molecule has 0 amide bonds. The first-order valence-electron chi connectivity index (χ1n) is 5.82. The Kier molecular flexibility index (Phi) is 10.6. The molecule has 0 saturated heterocycles. The molecule has 0 unspecified atom stereocenters. The van der Waals surface area contributed by atoms with Crippen LogP contribution in [0.25, 0.3) is 0 Å². The van der Waals surface area contributed by atoms with Crippen LogP contribution in [0.4, 0.5) is 0 Å². The van der Waals surface area contributed by atoms with Gasteiger partial charge in [-0.1, -0.05) is 19.8 Å². The number of thiophene rings is 1. The zero-order valence-electron chi connectivity index (χ0n) is 10.5. The Labute approximate surface area is 125 Å². The molecule has 98 valence electrons. The maximum Gasteiger partial charge on any atom is 0.191 e. The first-order chi connectivity index (χ1) is 7.86. The summed E-state index contributed by atoms with van der Waals surface area (Å²) in [5.74, 6) is 0.891. The summed E-state index contributed by atoms with van der Waals surface area (Å²) in [6.45, 7) is 4.05. The third kappa shape index (κ3) is 7.59. The smallest absolute Gasteiger partial charge is 0.191 e. The number of hydrogen-bond acceptors (Lipinski definition) is 2. The van der Waals surface area contributed by atoms with Crippen LogP contribution in [0, 0.1) is 0 Å². The molecule has 1 aromatic rings. The SMILES string of the molecule is CCCCCNC(=NC)NCc1ccsc1.I. The van der Waals surface area contributed by atoms with Crippen LogP contribution >= 0.6 is 35.3 Å². The molecule has 1 aromatic heterocycles. The van der Waals surface area contributed by atoms with E-state index in [1.165, 1.54) is 24.8 Å². The first-order valence-corrected chi connectivity index (χ1v) is 6.76. The molecule has 0 aliphatic rings. The molecule has 0 aliphatic heterocycles. The molecular formula is C12H22IN3S. The second-order valence-electron chi connectivity index (χ2n) is 3.69. The van der Waals surface area contributed by atoms with E-state index >= 15 is 0 Å². The van der Waals surface area contributed by atoms with Gasteiger partial charge in [0.05, 0.1) is 0 Å². The topological polar surface area (TPSA) is 36.4 Å². The molecule has 0 fully saturated rings. The van der Waals surface area contributed by atoms with Gasteiger partial charge in [0.2, 0.25) is 0 Å². The van der Waals surface area contributed by atoms with Gasteiger partial charge in [-0.15, -0.1) is 24.0 Å². The van der Waals surface area contributed by atoms with Crippen molar-refractivity contribution in [3.8, 4) is 0 Å². The fourth-order valence-corrected chi connectivity index (χ4v) is 2.05. The molecule has 0 spiro atoms. The monoisotopic (exact) mass is 367 g/mol. The number of nitrogens with zero attached hydrogens (tertiary/aromatic N) is 1. The molecule has 3 nitrogen and oxygen atoms in total. The van der Waals surface area contributed by atoms with E-state index in [2.05, 4.69) is 39.4 Å². The lowest BCUT2D eigenvalue weighted by atomic mass is 10.2. The van der Waals surface area contributed by atoms with Crippen LogP contribution in [0.2, 0.25) is 0 Å². The minimum atomic E-state index is 0. The maximum absolute atomic E-state index is 4.18. The van der Waals surface area contributed by atoms with Crippen molar-refractivity contribution in [2.24, 2.45) is 4.99 Å². The fraction of sp³-hybridized carbons (Fsp3) is 0.583. The van der Waals surface area contributed by atoms with Gasteiger partial charge >= 0.3 is 0 Å². The summed E-state index contributed by atoms with van der Waals surface area (Å²) in [6, 6.07) is 2.13. The van der Waals surface area contributed by atoms with Crippen molar-refractivity contribution in [1.82, 2.24) is 10.6 Å². The highest BCUT2D eigenvalue weighted by molar-refractivity contribution is 14.0. The van der Waals surface area contributed by atoms with Crippen molar-refractivity contribution in [3.05, 3.63) is 22.4 Å². The highest BCUT2D eigenvalue weighted by atomic mass is 127. The van der Waals surface area contributed by atoms with E-state index in [1.807, 2.05) is 7.05 Å². The van der Waals surface area contributed by atoms with Crippen molar-refractivity contribution >= 4 is 41.3 Å². The van der Waals surface area contributed by atoms with Crippen molar-refractivity contribution in [2.75, 3.05) is 13.6 Å². The summed E-state index contributed by atoms with van der Waals surface area (Å²) >= 11 is 1.72. The van der Waals surface area contributed by atoms with Crippen molar-refractivity contribution < 1.29 is 0 Å². The van der Waals surface area contributed by atoms with E-state index in [0.29, 0.717) is 0 Å². The van der Waals surface area contributed by atoms with Gasteiger partial charge in [-0.25, -0.2) is 0 Å². The van der Waals surface area contributed by atoms with E-state index in [4.69, 9.17) is 0 Å². The molecular weight excluding hydrogens is 345 g/mol. The van der Waals surface area contributed by atoms with Crippen molar-refractivity contribution in [1.29, 1.82) is 0 Å². The predicted octanol–water partition coefficient (Wildman–Crippen LogP) is 3.22. The van der Waals surface area contributed by atoms with Crippen LogP contribution < -0.4 is 10.6 Å². The Morgan fingerprint density at radius 3 is 2.76 bits per heavy atom. The number of guanidine groups is 1. The highest BCUT2D eigenvalue weighted by Gasteiger charge is 1.97.